The van der Waals surface area contributed by atoms with E-state index in [0.717, 1.165) is 11.1 Å². The Bertz CT molecular complexity index is 1310. The number of aliphatic hydroxyl groups excluding tert-OH is 3. The monoisotopic (exact) mass is 512 g/mol. The highest BCUT2D eigenvalue weighted by atomic mass is 16.6. The van der Waals surface area contributed by atoms with Crippen LogP contribution in [0, 0.1) is 6.92 Å². The van der Waals surface area contributed by atoms with E-state index in [-0.39, 0.29) is 0 Å². The maximum absolute atomic E-state index is 12.6. The van der Waals surface area contributed by atoms with Crippen LogP contribution in [-0.4, -0.2) is 89.1 Å². The molecule has 2 saturated heterocycles. The zero-order chi connectivity index (χ0) is 26.3. The van der Waals surface area contributed by atoms with Crippen molar-refractivity contribution in [2.45, 2.75) is 43.9 Å². The topological polar surface area (TPSA) is 142 Å². The van der Waals surface area contributed by atoms with E-state index < -0.39 is 42.2 Å². The normalized spacial score (nSPS) is 28.6. The molecule has 0 radical (unpaired) electrons. The molecule has 37 heavy (non-hydrogen) atoms. The zero-order valence-corrected chi connectivity index (χ0v) is 21.1. The molecular formula is C26H32N4O7. The molecule has 198 valence electrons. The Morgan fingerprint density at radius 2 is 1.78 bits per heavy atom. The number of aliphatic hydroxyl groups is 3. The minimum atomic E-state index is -1.32. The van der Waals surface area contributed by atoms with Crippen molar-refractivity contribution in [1.82, 2.24) is 9.97 Å². The molecule has 0 aliphatic carbocycles. The SMILES string of the molecule is CO[C@@H]1[C@H](O)[C@@H](O)[C@H](c2ccc3c(N4CCN(c5ncccn5)CC4)cc(=O)oc3c2C)O[C@]1(C)CO. The molecule has 3 N–H and O–H groups in total. The summed E-state index contributed by atoms with van der Waals surface area (Å²) in [7, 11) is 1.39. The Morgan fingerprint density at radius 3 is 2.43 bits per heavy atom. The summed E-state index contributed by atoms with van der Waals surface area (Å²) in [4.78, 5) is 25.5. The molecule has 2 aliphatic rings. The summed E-state index contributed by atoms with van der Waals surface area (Å²) in [6.45, 7) is 5.72. The number of benzene rings is 1. The van der Waals surface area contributed by atoms with E-state index in [0.29, 0.717) is 48.8 Å². The molecule has 11 heteroatoms. The first-order chi connectivity index (χ1) is 17.8. The fourth-order valence-electron chi connectivity index (χ4n) is 5.44. The van der Waals surface area contributed by atoms with Gasteiger partial charge in [0.15, 0.2) is 0 Å². The first kappa shape index (κ1) is 25.6. The van der Waals surface area contributed by atoms with Crippen molar-refractivity contribution in [3.63, 3.8) is 0 Å². The van der Waals surface area contributed by atoms with E-state index >= 15 is 0 Å². The second-order valence-electron chi connectivity index (χ2n) is 9.78. The van der Waals surface area contributed by atoms with Crippen LogP contribution in [-0.2, 0) is 9.47 Å². The first-order valence-electron chi connectivity index (χ1n) is 12.3. The molecule has 5 atom stereocenters. The van der Waals surface area contributed by atoms with Crippen molar-refractivity contribution in [3.05, 3.63) is 58.2 Å². The van der Waals surface area contributed by atoms with Crippen molar-refractivity contribution < 1.29 is 29.2 Å². The van der Waals surface area contributed by atoms with E-state index in [4.69, 9.17) is 13.9 Å². The van der Waals surface area contributed by atoms with Crippen LogP contribution in [0.2, 0.25) is 0 Å². The van der Waals surface area contributed by atoms with Crippen LogP contribution in [0.25, 0.3) is 11.0 Å². The highest BCUT2D eigenvalue weighted by molar-refractivity contribution is 5.92. The fourth-order valence-corrected chi connectivity index (χ4v) is 5.44. The van der Waals surface area contributed by atoms with Gasteiger partial charge in [-0.2, -0.15) is 0 Å². The number of aryl methyl sites for hydroxylation is 1. The van der Waals surface area contributed by atoms with Gasteiger partial charge in [-0.15, -0.1) is 0 Å². The lowest BCUT2D eigenvalue weighted by Gasteiger charge is -2.48. The highest BCUT2D eigenvalue weighted by Crippen LogP contribution is 2.42. The summed E-state index contributed by atoms with van der Waals surface area (Å²) in [6, 6.07) is 6.92. The molecule has 4 heterocycles. The predicted octanol–water partition coefficient (Wildman–Crippen LogP) is 0.777. The summed E-state index contributed by atoms with van der Waals surface area (Å²) in [5.41, 5.74) is 0.587. The predicted molar refractivity (Wildman–Crippen MR) is 136 cm³/mol. The molecule has 2 aliphatic heterocycles. The van der Waals surface area contributed by atoms with E-state index in [1.54, 1.807) is 38.4 Å². The van der Waals surface area contributed by atoms with Crippen molar-refractivity contribution in [2.24, 2.45) is 0 Å². The van der Waals surface area contributed by atoms with Crippen LogP contribution in [0.5, 0.6) is 0 Å². The third-order valence-corrected chi connectivity index (χ3v) is 7.48. The smallest absolute Gasteiger partial charge is 0.338 e. The first-order valence-corrected chi connectivity index (χ1v) is 12.3. The molecule has 1 aromatic carbocycles. The molecule has 11 nitrogen and oxygen atoms in total. The van der Waals surface area contributed by atoms with Crippen LogP contribution in [0.4, 0.5) is 11.6 Å². The Labute approximate surface area is 213 Å². The van der Waals surface area contributed by atoms with Crippen molar-refractivity contribution >= 4 is 22.6 Å². The number of ether oxygens (including phenoxy) is 2. The van der Waals surface area contributed by atoms with Gasteiger partial charge in [-0.05, 0) is 37.1 Å². The van der Waals surface area contributed by atoms with Crippen molar-refractivity contribution in [3.8, 4) is 0 Å². The fraction of sp³-hybridized carbons (Fsp3) is 0.500. The van der Waals surface area contributed by atoms with Gasteiger partial charge in [0, 0.05) is 57.1 Å². The lowest BCUT2D eigenvalue weighted by molar-refractivity contribution is -0.279. The number of hydrogen-bond donors (Lipinski definition) is 3. The van der Waals surface area contributed by atoms with Gasteiger partial charge in [-0.3, -0.25) is 0 Å². The Balaban J connectivity index is 1.47. The van der Waals surface area contributed by atoms with Crippen molar-refractivity contribution in [1.29, 1.82) is 0 Å². The minimum absolute atomic E-state index is 0.388. The largest absolute Gasteiger partial charge is 0.422 e. The van der Waals surface area contributed by atoms with E-state index in [9.17, 15) is 20.1 Å². The number of methoxy groups -OCH3 is 1. The number of piperazine rings is 1. The second-order valence-corrected chi connectivity index (χ2v) is 9.78. The summed E-state index contributed by atoms with van der Waals surface area (Å²) >= 11 is 0. The number of hydrogen-bond acceptors (Lipinski definition) is 11. The highest BCUT2D eigenvalue weighted by Gasteiger charge is 2.52. The molecule has 5 rings (SSSR count). The lowest BCUT2D eigenvalue weighted by atomic mass is 9.83. The summed E-state index contributed by atoms with van der Waals surface area (Å²) in [6.07, 6.45) is -1.06. The van der Waals surface area contributed by atoms with Gasteiger partial charge in [0.05, 0.1) is 12.3 Å². The van der Waals surface area contributed by atoms with E-state index in [2.05, 4.69) is 19.8 Å². The van der Waals surface area contributed by atoms with Gasteiger partial charge < -0.3 is 39.0 Å². The Morgan fingerprint density at radius 1 is 1.11 bits per heavy atom. The molecule has 0 saturated carbocycles. The average Bonchev–Trinajstić information content (AvgIpc) is 2.92. The molecule has 0 bridgehead atoms. The average molecular weight is 513 g/mol. The van der Waals surface area contributed by atoms with Crippen molar-refractivity contribution in [2.75, 3.05) is 49.7 Å². The third-order valence-electron chi connectivity index (χ3n) is 7.48. The molecular weight excluding hydrogens is 480 g/mol. The van der Waals surface area contributed by atoms with E-state index in [1.165, 1.54) is 13.2 Å². The minimum Gasteiger partial charge on any atom is -0.422 e. The number of rotatable bonds is 5. The Kier molecular flexibility index (Phi) is 6.90. The summed E-state index contributed by atoms with van der Waals surface area (Å²) < 4.78 is 17.1. The van der Waals surface area contributed by atoms with Gasteiger partial charge >= 0.3 is 5.63 Å². The molecule has 2 aromatic heterocycles. The van der Waals surface area contributed by atoms with Gasteiger partial charge in [0.2, 0.25) is 5.95 Å². The van der Waals surface area contributed by atoms with Crippen LogP contribution in [0.15, 0.2) is 45.9 Å². The third kappa shape index (κ3) is 4.47. The molecule has 2 fully saturated rings. The van der Waals surface area contributed by atoms with Crippen LogP contribution in [0.1, 0.15) is 24.2 Å². The lowest BCUT2D eigenvalue weighted by Crippen LogP contribution is -2.62. The quantitative estimate of drug-likeness (QED) is 0.418. The van der Waals surface area contributed by atoms with Crippen LogP contribution >= 0.6 is 0 Å². The maximum atomic E-state index is 12.6. The summed E-state index contributed by atoms with van der Waals surface area (Å²) in [5.74, 6) is 0.680. The van der Waals surface area contributed by atoms with Gasteiger partial charge in [0.25, 0.3) is 0 Å². The second kappa shape index (κ2) is 9.99. The van der Waals surface area contributed by atoms with E-state index in [1.807, 2.05) is 6.07 Å². The van der Waals surface area contributed by atoms with Gasteiger partial charge in [-0.1, -0.05) is 6.07 Å². The molecule has 3 aromatic rings. The molecule has 0 spiro atoms. The maximum Gasteiger partial charge on any atom is 0.338 e. The zero-order valence-electron chi connectivity index (χ0n) is 21.1. The van der Waals surface area contributed by atoms with Gasteiger partial charge in [0.1, 0.15) is 35.6 Å². The molecule has 0 amide bonds. The standard InChI is InChI=1S/C26H32N4O7/c1-15-16(23-20(33)21(34)24(35-3)26(2,14-31)37-23)5-6-17-18(13-19(32)36-22(15)17)29-9-11-30(12-10-29)25-27-7-4-8-28-25/h4-8,13,20-21,23-24,31,33-34H,9-12,14H2,1-3H3/t20-,21-,23+,24-,26-/m1/s1. The van der Waals surface area contributed by atoms with Crippen LogP contribution < -0.4 is 15.4 Å². The summed E-state index contributed by atoms with van der Waals surface area (Å²) in [5, 5.41) is 32.4. The van der Waals surface area contributed by atoms with Crippen LogP contribution in [0.3, 0.4) is 0 Å². The number of nitrogens with zero attached hydrogens (tertiary/aromatic N) is 4. The number of fused-ring (bicyclic) bond motifs is 1. The van der Waals surface area contributed by atoms with Gasteiger partial charge in [-0.25, -0.2) is 14.8 Å². The Hall–Kier alpha value is -3.09. The number of aromatic nitrogens is 2. The molecule has 0 unspecified atom stereocenters. The number of anilines is 2.